The van der Waals surface area contributed by atoms with Crippen molar-refractivity contribution < 1.29 is 13.6 Å². The van der Waals surface area contributed by atoms with Crippen LogP contribution >= 0.6 is 11.3 Å². The lowest BCUT2D eigenvalue weighted by atomic mass is 10.1. The molecule has 4 nitrogen and oxygen atoms in total. The van der Waals surface area contributed by atoms with Crippen molar-refractivity contribution in [3.8, 4) is 11.3 Å². The number of rotatable bonds is 5. The monoisotopic (exact) mass is 373 g/mol. The highest BCUT2D eigenvalue weighted by Gasteiger charge is 2.14. The Morgan fingerprint density at radius 3 is 2.38 bits per heavy atom. The van der Waals surface area contributed by atoms with E-state index in [0.29, 0.717) is 0 Å². The highest BCUT2D eigenvalue weighted by Crippen LogP contribution is 2.23. The second-order valence-corrected chi connectivity index (χ2v) is 6.88. The molecule has 2 N–H and O–H groups in total. The van der Waals surface area contributed by atoms with E-state index in [1.54, 1.807) is 18.3 Å². The van der Waals surface area contributed by atoms with E-state index in [1.807, 2.05) is 36.6 Å². The number of nitrogens with zero attached hydrogens (tertiary/aromatic N) is 1. The van der Waals surface area contributed by atoms with Crippen LogP contribution < -0.4 is 10.6 Å². The maximum absolute atomic E-state index is 13.2. The van der Waals surface area contributed by atoms with Crippen LogP contribution in [0.2, 0.25) is 0 Å². The average molecular weight is 373 g/mol. The molecule has 1 amide bonds. The molecule has 134 valence electrons. The van der Waals surface area contributed by atoms with Gasteiger partial charge < -0.3 is 10.6 Å². The zero-order valence-corrected chi connectivity index (χ0v) is 15.0. The van der Waals surface area contributed by atoms with Crippen molar-refractivity contribution in [2.75, 3.05) is 10.6 Å². The zero-order chi connectivity index (χ0) is 18.7. The van der Waals surface area contributed by atoms with Crippen molar-refractivity contribution in [1.29, 1.82) is 0 Å². The molecule has 7 heteroatoms. The third-order valence-electron chi connectivity index (χ3n) is 3.76. The Morgan fingerprint density at radius 1 is 1.08 bits per heavy atom. The Balaban J connectivity index is 1.62. The zero-order valence-electron chi connectivity index (χ0n) is 14.2. The van der Waals surface area contributed by atoms with Crippen LogP contribution in [0.25, 0.3) is 11.3 Å². The number of aryl methyl sites for hydroxylation is 1. The molecule has 0 saturated carbocycles. The molecule has 1 aromatic heterocycles. The van der Waals surface area contributed by atoms with Crippen LogP contribution in [0.4, 0.5) is 20.2 Å². The summed E-state index contributed by atoms with van der Waals surface area (Å²) in [5.41, 5.74) is 2.90. The first-order chi connectivity index (χ1) is 12.4. The van der Waals surface area contributed by atoms with Gasteiger partial charge in [-0.2, -0.15) is 0 Å². The van der Waals surface area contributed by atoms with Gasteiger partial charge in [0, 0.05) is 28.4 Å². The first-order valence-corrected chi connectivity index (χ1v) is 8.85. The number of carbonyl (C=O) groups is 1. The number of benzene rings is 2. The van der Waals surface area contributed by atoms with Gasteiger partial charge in [-0.15, -0.1) is 11.3 Å². The Bertz CT molecular complexity index is 925. The van der Waals surface area contributed by atoms with Crippen molar-refractivity contribution in [1.82, 2.24) is 4.98 Å². The van der Waals surface area contributed by atoms with Gasteiger partial charge in [-0.05, 0) is 38.1 Å². The standard InChI is InChI=1S/C19H17F2N3OS/c1-11(19(25)24-15-7-8-16(20)17(21)9-15)22-14-5-3-13(4-6-14)18-10-26-12(2)23-18/h3-11,22H,1-2H3,(H,24,25). The molecule has 0 radical (unpaired) electrons. The van der Waals surface area contributed by atoms with Crippen molar-refractivity contribution in [3.05, 3.63) is 64.5 Å². The van der Waals surface area contributed by atoms with Crippen LogP contribution in [0.15, 0.2) is 47.8 Å². The maximum Gasteiger partial charge on any atom is 0.246 e. The lowest BCUT2D eigenvalue weighted by molar-refractivity contribution is -0.116. The molecule has 0 aliphatic heterocycles. The highest BCUT2D eigenvalue weighted by molar-refractivity contribution is 7.09. The second-order valence-electron chi connectivity index (χ2n) is 5.81. The Morgan fingerprint density at radius 2 is 1.77 bits per heavy atom. The predicted octanol–water partition coefficient (Wildman–Crippen LogP) is 4.84. The number of halogens is 2. The van der Waals surface area contributed by atoms with Gasteiger partial charge in [-0.1, -0.05) is 12.1 Å². The summed E-state index contributed by atoms with van der Waals surface area (Å²) in [6, 6.07) is 10.3. The van der Waals surface area contributed by atoms with Gasteiger partial charge in [0.1, 0.15) is 6.04 Å². The molecule has 1 heterocycles. The van der Waals surface area contributed by atoms with Crippen LogP contribution in [0.5, 0.6) is 0 Å². The Kier molecular flexibility index (Phi) is 5.27. The summed E-state index contributed by atoms with van der Waals surface area (Å²) in [4.78, 5) is 16.6. The fraction of sp³-hybridized carbons (Fsp3) is 0.158. The van der Waals surface area contributed by atoms with E-state index >= 15 is 0 Å². The van der Waals surface area contributed by atoms with Gasteiger partial charge in [0.2, 0.25) is 5.91 Å². The van der Waals surface area contributed by atoms with Crippen LogP contribution in [0.3, 0.4) is 0 Å². The van der Waals surface area contributed by atoms with Crippen LogP contribution in [0.1, 0.15) is 11.9 Å². The van der Waals surface area contributed by atoms with E-state index in [0.717, 1.165) is 34.1 Å². The molecule has 1 unspecified atom stereocenters. The van der Waals surface area contributed by atoms with Crippen LogP contribution in [-0.2, 0) is 4.79 Å². The summed E-state index contributed by atoms with van der Waals surface area (Å²) in [6.07, 6.45) is 0. The minimum atomic E-state index is -1.00. The van der Waals surface area contributed by atoms with E-state index in [4.69, 9.17) is 0 Å². The molecule has 0 aliphatic carbocycles. The Hall–Kier alpha value is -2.80. The summed E-state index contributed by atoms with van der Waals surface area (Å²) in [5, 5.41) is 8.63. The number of nitrogens with one attached hydrogen (secondary N) is 2. The fourth-order valence-electron chi connectivity index (χ4n) is 2.37. The minimum absolute atomic E-state index is 0.205. The van der Waals surface area contributed by atoms with Crippen molar-refractivity contribution in [2.24, 2.45) is 0 Å². The molecule has 0 fully saturated rings. The lowest BCUT2D eigenvalue weighted by Gasteiger charge is -2.15. The summed E-state index contributed by atoms with van der Waals surface area (Å²) in [5.74, 6) is -2.31. The number of carbonyl (C=O) groups excluding carboxylic acids is 1. The number of hydrogen-bond acceptors (Lipinski definition) is 4. The minimum Gasteiger partial charge on any atom is -0.374 e. The van der Waals surface area contributed by atoms with E-state index in [9.17, 15) is 13.6 Å². The first kappa shape index (κ1) is 18.0. The van der Waals surface area contributed by atoms with Crippen LogP contribution in [0, 0.1) is 18.6 Å². The molecule has 0 bridgehead atoms. The first-order valence-electron chi connectivity index (χ1n) is 7.97. The van der Waals surface area contributed by atoms with Gasteiger partial charge in [0.05, 0.1) is 10.7 Å². The van der Waals surface area contributed by atoms with Crippen molar-refractivity contribution in [2.45, 2.75) is 19.9 Å². The van der Waals surface area contributed by atoms with Gasteiger partial charge >= 0.3 is 0 Å². The van der Waals surface area contributed by atoms with Crippen molar-refractivity contribution in [3.63, 3.8) is 0 Å². The summed E-state index contributed by atoms with van der Waals surface area (Å²) in [7, 11) is 0. The van der Waals surface area contributed by atoms with Gasteiger partial charge in [-0.3, -0.25) is 4.79 Å². The van der Waals surface area contributed by atoms with Gasteiger partial charge in [0.25, 0.3) is 0 Å². The molecule has 0 saturated heterocycles. The third kappa shape index (κ3) is 4.23. The normalized spacial score (nSPS) is 11.8. The molecular weight excluding hydrogens is 356 g/mol. The number of thiazole rings is 1. The molecule has 2 aromatic carbocycles. The molecular formula is C19H17F2N3OS. The molecule has 3 aromatic rings. The smallest absolute Gasteiger partial charge is 0.246 e. The van der Waals surface area contributed by atoms with E-state index in [-0.39, 0.29) is 11.6 Å². The number of anilines is 2. The number of aromatic nitrogens is 1. The van der Waals surface area contributed by atoms with Crippen LogP contribution in [-0.4, -0.2) is 16.9 Å². The van der Waals surface area contributed by atoms with Crippen molar-refractivity contribution >= 4 is 28.6 Å². The SMILES string of the molecule is Cc1nc(-c2ccc(NC(C)C(=O)Nc3ccc(F)c(F)c3)cc2)cs1. The molecule has 26 heavy (non-hydrogen) atoms. The lowest BCUT2D eigenvalue weighted by Crippen LogP contribution is -2.31. The van der Waals surface area contributed by atoms with Gasteiger partial charge in [-0.25, -0.2) is 13.8 Å². The summed E-state index contributed by atoms with van der Waals surface area (Å²) in [6.45, 7) is 3.64. The number of amides is 1. The molecule has 1 atom stereocenters. The topological polar surface area (TPSA) is 54.0 Å². The molecule has 0 spiro atoms. The summed E-state index contributed by atoms with van der Waals surface area (Å²) < 4.78 is 26.1. The number of hydrogen-bond donors (Lipinski definition) is 2. The molecule has 0 aliphatic rings. The van der Waals surface area contributed by atoms with E-state index in [2.05, 4.69) is 15.6 Å². The van der Waals surface area contributed by atoms with E-state index < -0.39 is 17.7 Å². The summed E-state index contributed by atoms with van der Waals surface area (Å²) >= 11 is 1.59. The average Bonchev–Trinajstić information content (AvgIpc) is 3.05. The maximum atomic E-state index is 13.2. The highest BCUT2D eigenvalue weighted by atomic mass is 32.1. The second kappa shape index (κ2) is 7.61. The largest absolute Gasteiger partial charge is 0.374 e. The fourth-order valence-corrected chi connectivity index (χ4v) is 3.00. The predicted molar refractivity (Wildman–Crippen MR) is 100 cm³/mol. The third-order valence-corrected chi connectivity index (χ3v) is 4.54. The van der Waals surface area contributed by atoms with E-state index in [1.165, 1.54) is 6.07 Å². The Labute approximate surface area is 153 Å². The van der Waals surface area contributed by atoms with Gasteiger partial charge in [0.15, 0.2) is 11.6 Å². The molecule has 3 rings (SSSR count). The quantitative estimate of drug-likeness (QED) is 0.673.